The summed E-state index contributed by atoms with van der Waals surface area (Å²) >= 11 is 0. The molecule has 0 fully saturated rings. The molecule has 1 amide bonds. The number of esters is 2. The first kappa shape index (κ1) is 22.0. The number of carbonyl (C=O) groups is 3. The minimum absolute atomic E-state index is 0.311. The highest BCUT2D eigenvalue weighted by Gasteiger charge is 2.20. The summed E-state index contributed by atoms with van der Waals surface area (Å²) in [5.74, 6) is -1.60. The van der Waals surface area contributed by atoms with Crippen LogP contribution < -0.4 is 5.32 Å². The number of amides is 1. The van der Waals surface area contributed by atoms with Crippen LogP contribution in [0.1, 0.15) is 44.5 Å². The lowest BCUT2D eigenvalue weighted by Crippen LogP contribution is -2.22. The topological polar surface area (TPSA) is 94.6 Å². The molecule has 0 aliphatic heterocycles. The smallest absolute Gasteiger partial charge is 0.339 e. The Labute approximate surface area is 180 Å². The number of ether oxygens (including phenoxy) is 2. The molecule has 0 radical (unpaired) electrons. The molecule has 0 atom stereocenters. The summed E-state index contributed by atoms with van der Waals surface area (Å²) in [5.41, 5.74) is 4.19. The minimum Gasteiger partial charge on any atom is -0.465 e. The third kappa shape index (κ3) is 4.71. The molecule has 0 aliphatic rings. The maximum Gasteiger partial charge on any atom is 0.339 e. The van der Waals surface area contributed by atoms with E-state index in [1.54, 1.807) is 19.1 Å². The summed E-state index contributed by atoms with van der Waals surface area (Å²) in [6.45, 7) is 5.13. The molecule has 3 rings (SSSR count). The fourth-order valence-corrected chi connectivity index (χ4v) is 3.36. The van der Waals surface area contributed by atoms with E-state index in [9.17, 15) is 14.4 Å². The molecule has 3 aromatic rings. The highest BCUT2D eigenvalue weighted by atomic mass is 16.5. The first-order valence-electron chi connectivity index (χ1n) is 9.89. The zero-order chi connectivity index (χ0) is 22.5. The minimum atomic E-state index is -0.582. The van der Waals surface area contributed by atoms with Crippen LogP contribution in [0.2, 0.25) is 0 Å². The van der Waals surface area contributed by atoms with Crippen molar-refractivity contribution in [1.29, 1.82) is 0 Å². The van der Waals surface area contributed by atoms with Crippen molar-refractivity contribution in [3.63, 3.8) is 0 Å². The highest BCUT2D eigenvalue weighted by molar-refractivity contribution is 6.06. The van der Waals surface area contributed by atoms with Crippen LogP contribution >= 0.6 is 0 Å². The lowest BCUT2D eigenvalue weighted by molar-refractivity contribution is -0.119. The van der Waals surface area contributed by atoms with Crippen LogP contribution in [0.4, 0.5) is 5.69 Å². The van der Waals surface area contributed by atoms with E-state index in [0.717, 1.165) is 16.8 Å². The monoisotopic (exact) mass is 420 g/mol. The van der Waals surface area contributed by atoms with Crippen LogP contribution in [0.15, 0.2) is 42.5 Å². The van der Waals surface area contributed by atoms with Gasteiger partial charge in [-0.15, -0.1) is 0 Å². The van der Waals surface area contributed by atoms with Crippen LogP contribution in [0, 0.1) is 13.8 Å². The van der Waals surface area contributed by atoms with Crippen LogP contribution in [0.5, 0.6) is 0 Å². The van der Waals surface area contributed by atoms with Gasteiger partial charge in [0.15, 0.2) is 6.61 Å². The van der Waals surface area contributed by atoms with Gasteiger partial charge in [0.1, 0.15) is 0 Å². The molecule has 7 nitrogen and oxygen atoms in total. The standard InChI is InChI=1S/C24H24N2O5/c1-5-18-15(3)22(17-8-6-7-9-19(17)25-18)24(29)31-13-21(27)26-20-12-16(23(28)30-4)11-10-14(20)2/h6-12H,5,13H2,1-4H3,(H,26,27). The van der Waals surface area contributed by atoms with Crippen molar-refractivity contribution in [3.8, 4) is 0 Å². The number of aromatic nitrogens is 1. The molecule has 0 bridgehead atoms. The fourth-order valence-electron chi connectivity index (χ4n) is 3.36. The van der Waals surface area contributed by atoms with E-state index in [1.807, 2.05) is 38.1 Å². The number of carbonyl (C=O) groups excluding carboxylic acids is 3. The van der Waals surface area contributed by atoms with Crippen molar-refractivity contribution in [2.75, 3.05) is 19.0 Å². The van der Waals surface area contributed by atoms with E-state index < -0.39 is 24.5 Å². The molecule has 7 heteroatoms. The number of nitrogens with one attached hydrogen (secondary N) is 1. The van der Waals surface area contributed by atoms with Gasteiger partial charge in [0, 0.05) is 16.8 Å². The molecule has 0 spiro atoms. The summed E-state index contributed by atoms with van der Waals surface area (Å²) in [7, 11) is 1.29. The van der Waals surface area contributed by atoms with Gasteiger partial charge in [0.25, 0.3) is 5.91 Å². The zero-order valence-corrected chi connectivity index (χ0v) is 17.9. The van der Waals surface area contributed by atoms with Crippen molar-refractivity contribution in [2.45, 2.75) is 27.2 Å². The summed E-state index contributed by atoms with van der Waals surface area (Å²) < 4.78 is 10.0. The average molecular weight is 420 g/mol. The Morgan fingerprint density at radius 2 is 1.77 bits per heavy atom. The van der Waals surface area contributed by atoms with Crippen LogP contribution in [-0.2, 0) is 20.7 Å². The molecule has 31 heavy (non-hydrogen) atoms. The molecule has 2 aromatic carbocycles. The van der Waals surface area contributed by atoms with Gasteiger partial charge in [0.05, 0.1) is 23.8 Å². The summed E-state index contributed by atoms with van der Waals surface area (Å²) in [5, 5.41) is 3.36. The number of pyridine rings is 1. The number of hydrogen-bond acceptors (Lipinski definition) is 6. The molecule has 0 aliphatic carbocycles. The van der Waals surface area contributed by atoms with Gasteiger partial charge < -0.3 is 14.8 Å². The number of fused-ring (bicyclic) bond motifs is 1. The Bertz CT molecular complexity index is 1170. The number of rotatable bonds is 6. The van der Waals surface area contributed by atoms with Crippen molar-refractivity contribution >= 4 is 34.4 Å². The van der Waals surface area contributed by atoms with Crippen molar-refractivity contribution < 1.29 is 23.9 Å². The van der Waals surface area contributed by atoms with Gasteiger partial charge in [0.2, 0.25) is 0 Å². The second kappa shape index (κ2) is 9.38. The molecule has 0 saturated carbocycles. The number of methoxy groups -OCH3 is 1. The number of nitrogens with zero attached hydrogens (tertiary/aromatic N) is 1. The van der Waals surface area contributed by atoms with Crippen molar-refractivity contribution in [3.05, 3.63) is 70.4 Å². The van der Waals surface area contributed by atoms with E-state index in [4.69, 9.17) is 9.47 Å². The normalized spacial score (nSPS) is 10.6. The first-order chi connectivity index (χ1) is 14.8. The van der Waals surface area contributed by atoms with Crippen molar-refractivity contribution in [2.24, 2.45) is 0 Å². The molecule has 0 unspecified atom stereocenters. The summed E-state index contributed by atoms with van der Waals surface area (Å²) in [6, 6.07) is 12.2. The van der Waals surface area contributed by atoms with E-state index in [0.29, 0.717) is 34.1 Å². The lowest BCUT2D eigenvalue weighted by atomic mass is 10.0. The predicted molar refractivity (Wildman–Crippen MR) is 117 cm³/mol. The number of anilines is 1. The summed E-state index contributed by atoms with van der Waals surface area (Å²) in [6.07, 6.45) is 0.674. The van der Waals surface area contributed by atoms with Gasteiger partial charge in [-0.25, -0.2) is 9.59 Å². The Hall–Kier alpha value is -3.74. The Morgan fingerprint density at radius 1 is 1.03 bits per heavy atom. The quantitative estimate of drug-likeness (QED) is 0.606. The number of hydrogen-bond donors (Lipinski definition) is 1. The second-order valence-corrected chi connectivity index (χ2v) is 7.07. The van der Waals surface area contributed by atoms with Gasteiger partial charge >= 0.3 is 11.9 Å². The van der Waals surface area contributed by atoms with Gasteiger partial charge in [-0.1, -0.05) is 31.2 Å². The molecule has 1 aromatic heterocycles. The third-order valence-electron chi connectivity index (χ3n) is 5.04. The SMILES string of the molecule is CCc1nc2ccccc2c(C(=O)OCC(=O)Nc2cc(C(=O)OC)ccc2C)c1C. The molecule has 1 heterocycles. The van der Waals surface area contributed by atoms with E-state index in [-0.39, 0.29) is 0 Å². The van der Waals surface area contributed by atoms with E-state index in [2.05, 4.69) is 10.3 Å². The van der Waals surface area contributed by atoms with E-state index in [1.165, 1.54) is 13.2 Å². The Kier molecular flexibility index (Phi) is 6.65. The largest absolute Gasteiger partial charge is 0.465 e. The number of para-hydroxylation sites is 1. The van der Waals surface area contributed by atoms with Gasteiger partial charge in [-0.05, 0) is 49.6 Å². The van der Waals surface area contributed by atoms with Gasteiger partial charge in [-0.3, -0.25) is 9.78 Å². The molecule has 1 N–H and O–H groups in total. The zero-order valence-electron chi connectivity index (χ0n) is 17.9. The number of aryl methyl sites for hydroxylation is 2. The van der Waals surface area contributed by atoms with Crippen LogP contribution in [-0.4, -0.2) is 36.5 Å². The summed E-state index contributed by atoms with van der Waals surface area (Å²) in [4.78, 5) is 41.6. The van der Waals surface area contributed by atoms with Crippen LogP contribution in [0.3, 0.4) is 0 Å². The maximum atomic E-state index is 12.9. The lowest BCUT2D eigenvalue weighted by Gasteiger charge is -2.14. The average Bonchev–Trinajstić information content (AvgIpc) is 2.78. The fraction of sp³-hybridized carbons (Fsp3) is 0.250. The predicted octanol–water partition coefficient (Wildman–Crippen LogP) is 4.00. The molecule has 160 valence electrons. The third-order valence-corrected chi connectivity index (χ3v) is 5.04. The second-order valence-electron chi connectivity index (χ2n) is 7.07. The molecule has 0 saturated heterocycles. The first-order valence-corrected chi connectivity index (χ1v) is 9.89. The van der Waals surface area contributed by atoms with Crippen molar-refractivity contribution in [1.82, 2.24) is 4.98 Å². The molecular formula is C24H24N2O5. The molecular weight excluding hydrogens is 396 g/mol. The highest BCUT2D eigenvalue weighted by Crippen LogP contribution is 2.24. The maximum absolute atomic E-state index is 12.9. The van der Waals surface area contributed by atoms with Crippen LogP contribution in [0.25, 0.3) is 10.9 Å². The van der Waals surface area contributed by atoms with E-state index >= 15 is 0 Å². The Balaban J connectivity index is 1.77. The van der Waals surface area contributed by atoms with Gasteiger partial charge in [-0.2, -0.15) is 0 Å². The Morgan fingerprint density at radius 3 is 2.48 bits per heavy atom. The number of benzene rings is 2.